The van der Waals surface area contributed by atoms with Crippen molar-refractivity contribution in [3.05, 3.63) is 165 Å². The zero-order valence-corrected chi connectivity index (χ0v) is 30.9. The van der Waals surface area contributed by atoms with E-state index in [2.05, 4.69) is 20.5 Å². The number of azo groups is 2. The van der Waals surface area contributed by atoms with Gasteiger partial charge in [-0.1, -0.05) is 60.7 Å². The lowest BCUT2D eigenvalue weighted by atomic mass is 9.88. The molecule has 0 atom stereocenters. The minimum atomic E-state index is -0.00251. The number of aryl methyl sites for hydroxylation is 2. The summed E-state index contributed by atoms with van der Waals surface area (Å²) in [6.07, 6.45) is 2.67. The third kappa shape index (κ3) is 8.94. The van der Waals surface area contributed by atoms with Gasteiger partial charge in [0, 0.05) is 61.2 Å². The number of aromatic hydroxyl groups is 4. The maximum atomic E-state index is 11.9. The summed E-state index contributed by atoms with van der Waals surface area (Å²) in [4.78, 5) is 0. The predicted octanol–water partition coefficient (Wildman–Crippen LogP) is 9.87. The Morgan fingerprint density at radius 1 is 0.357 bits per heavy atom. The van der Waals surface area contributed by atoms with Crippen LogP contribution in [-0.2, 0) is 38.5 Å². The van der Waals surface area contributed by atoms with Gasteiger partial charge in [0.05, 0.1) is 22.7 Å². The maximum Gasteiger partial charge on any atom is 0.122 e. The lowest BCUT2D eigenvalue weighted by molar-refractivity contribution is 0.288. The average molecular weight is 749 g/mol. The van der Waals surface area contributed by atoms with Crippen molar-refractivity contribution in [2.24, 2.45) is 20.5 Å². The lowest BCUT2D eigenvalue weighted by Gasteiger charge is -2.19. The number of fused-ring (bicyclic) bond motifs is 8. The van der Waals surface area contributed by atoms with Crippen molar-refractivity contribution in [2.45, 2.75) is 51.4 Å². The van der Waals surface area contributed by atoms with E-state index in [-0.39, 0.29) is 61.9 Å². The first-order valence-corrected chi connectivity index (χ1v) is 18.8. The predicted molar refractivity (Wildman–Crippen MR) is 216 cm³/mol. The molecule has 284 valence electrons. The number of nitrogens with zero attached hydrogens (tertiary/aromatic N) is 4. The molecule has 1 aliphatic carbocycles. The van der Waals surface area contributed by atoms with Crippen LogP contribution in [0.4, 0.5) is 22.7 Å². The first-order valence-electron chi connectivity index (χ1n) is 18.8. The van der Waals surface area contributed by atoms with E-state index in [1.807, 2.05) is 84.9 Å². The highest BCUT2D eigenvalue weighted by Gasteiger charge is 2.22. The first kappa shape index (κ1) is 37.9. The summed E-state index contributed by atoms with van der Waals surface area (Å²) in [5.74, 6) is 0.0671. The molecule has 8 bridgehead atoms. The Morgan fingerprint density at radius 3 is 0.911 bits per heavy atom. The largest absolute Gasteiger partial charge is 0.507 e. The summed E-state index contributed by atoms with van der Waals surface area (Å²) >= 11 is 0. The highest BCUT2D eigenvalue weighted by molar-refractivity contribution is 5.61. The van der Waals surface area contributed by atoms with E-state index in [0.717, 1.165) is 11.1 Å². The van der Waals surface area contributed by atoms with E-state index in [1.54, 1.807) is 24.3 Å². The second-order valence-corrected chi connectivity index (χ2v) is 14.2. The molecule has 6 aromatic rings. The van der Waals surface area contributed by atoms with Crippen LogP contribution in [0.15, 0.2) is 130 Å². The lowest BCUT2D eigenvalue weighted by Crippen LogP contribution is -2.03. The third-order valence-electron chi connectivity index (χ3n) is 10.0. The fourth-order valence-corrected chi connectivity index (χ4v) is 7.24. The normalized spacial score (nSPS) is 12.8. The molecule has 56 heavy (non-hydrogen) atoms. The van der Waals surface area contributed by atoms with Crippen molar-refractivity contribution in [3.63, 3.8) is 0 Å². The number of hydrogen-bond acceptors (Lipinski definition) is 10. The zero-order valence-electron chi connectivity index (χ0n) is 30.9. The molecule has 1 aliphatic rings. The Balaban J connectivity index is 1.43. The summed E-state index contributed by atoms with van der Waals surface area (Å²) in [7, 11) is 0. The summed E-state index contributed by atoms with van der Waals surface area (Å²) in [6.45, 7) is -0.00501. The van der Waals surface area contributed by atoms with Gasteiger partial charge in [-0.25, -0.2) is 0 Å². The van der Waals surface area contributed by atoms with Gasteiger partial charge < -0.3 is 30.6 Å². The topological polar surface area (TPSA) is 171 Å². The molecular weight excluding hydrogens is 705 g/mol. The number of hydrogen-bond donors (Lipinski definition) is 6. The molecule has 6 N–H and O–H groups in total. The second-order valence-electron chi connectivity index (χ2n) is 14.2. The average Bonchev–Trinajstić information content (AvgIpc) is 3.21. The highest BCUT2D eigenvalue weighted by Crippen LogP contribution is 2.41. The molecule has 0 aromatic heterocycles. The van der Waals surface area contributed by atoms with Crippen molar-refractivity contribution >= 4 is 22.7 Å². The summed E-state index contributed by atoms with van der Waals surface area (Å²) in [5.41, 5.74) is 8.28. The van der Waals surface area contributed by atoms with E-state index in [0.29, 0.717) is 92.9 Å². The first-order chi connectivity index (χ1) is 27.3. The zero-order chi connectivity index (χ0) is 39.0. The van der Waals surface area contributed by atoms with E-state index in [1.165, 1.54) is 0 Å². The van der Waals surface area contributed by atoms with Crippen molar-refractivity contribution in [3.8, 4) is 23.0 Å². The molecule has 0 unspecified atom stereocenters. The van der Waals surface area contributed by atoms with Gasteiger partial charge in [-0.05, 0) is 108 Å². The fourth-order valence-electron chi connectivity index (χ4n) is 7.24. The highest BCUT2D eigenvalue weighted by atomic mass is 16.3. The molecule has 10 heteroatoms. The molecule has 7 rings (SSSR count). The minimum absolute atomic E-state index is 0.00251. The van der Waals surface area contributed by atoms with Crippen LogP contribution in [0.3, 0.4) is 0 Å². The Labute approximate surface area is 325 Å². The van der Waals surface area contributed by atoms with Crippen LogP contribution < -0.4 is 0 Å². The molecule has 10 nitrogen and oxygen atoms in total. The van der Waals surface area contributed by atoms with Crippen LogP contribution in [0, 0.1) is 0 Å². The number of phenols is 4. The quantitative estimate of drug-likeness (QED) is 0.0761. The van der Waals surface area contributed by atoms with Crippen molar-refractivity contribution in [2.75, 3.05) is 13.2 Å². The molecule has 0 saturated heterocycles. The van der Waals surface area contributed by atoms with Crippen molar-refractivity contribution in [1.82, 2.24) is 0 Å². The van der Waals surface area contributed by atoms with Gasteiger partial charge in [0.25, 0.3) is 0 Å². The molecule has 0 fully saturated rings. The monoisotopic (exact) mass is 748 g/mol. The van der Waals surface area contributed by atoms with E-state index < -0.39 is 0 Å². The van der Waals surface area contributed by atoms with Gasteiger partial charge in [0.2, 0.25) is 0 Å². The number of aliphatic hydroxyl groups excluding tert-OH is 2. The SMILES string of the molecule is OCCCc1cc2c(O)c(c1)Cc1cc(N=Nc3ccccc3)cc(c1O)Cc1cc(CCCO)cc(c1O)Cc1cc(N=Nc3ccccc3)cc(c1O)C2. The van der Waals surface area contributed by atoms with Gasteiger partial charge >= 0.3 is 0 Å². The van der Waals surface area contributed by atoms with E-state index in [9.17, 15) is 30.6 Å². The Kier molecular flexibility index (Phi) is 11.8. The Hall–Kier alpha value is -6.36. The number of aliphatic hydroxyl groups is 2. The van der Waals surface area contributed by atoms with E-state index >= 15 is 0 Å². The third-order valence-corrected chi connectivity index (χ3v) is 10.0. The summed E-state index contributed by atoms with van der Waals surface area (Å²) in [6, 6.07) is 33.2. The molecule has 0 aliphatic heterocycles. The van der Waals surface area contributed by atoms with Gasteiger partial charge in [-0.2, -0.15) is 20.5 Å². The van der Waals surface area contributed by atoms with Crippen LogP contribution in [-0.4, -0.2) is 43.9 Å². The minimum Gasteiger partial charge on any atom is -0.507 e. The fraction of sp³-hybridized carbons (Fsp3) is 0.217. The van der Waals surface area contributed by atoms with Crippen LogP contribution in [0.25, 0.3) is 0 Å². The van der Waals surface area contributed by atoms with Gasteiger partial charge in [-0.3, -0.25) is 0 Å². The summed E-state index contributed by atoms with van der Waals surface area (Å²) in [5, 5.41) is 84.8. The number of rotatable bonds is 10. The smallest absolute Gasteiger partial charge is 0.122 e. The molecule has 0 amide bonds. The molecule has 0 heterocycles. The van der Waals surface area contributed by atoms with Gasteiger partial charge in [0.15, 0.2) is 0 Å². The van der Waals surface area contributed by atoms with Crippen molar-refractivity contribution < 1.29 is 30.6 Å². The summed E-state index contributed by atoms with van der Waals surface area (Å²) < 4.78 is 0. The Bertz CT molecular complexity index is 2130. The van der Waals surface area contributed by atoms with Crippen LogP contribution in [0.2, 0.25) is 0 Å². The molecule has 6 aromatic carbocycles. The standard InChI is InChI=1S/C46H44N4O6/c51-15-7-9-29-17-31-21-35-25-41(49-47-39-11-3-1-4-12-39)26-36(45(35)55)22-32-18-30(10-8-16-52)20-34(44(32)54)24-38-28-42(50-48-40-13-5-2-6-14-40)27-37(46(38)56)23-33(19-29)43(31)53/h1-6,11-14,17-20,25-28,51-56H,7-10,15-16,21-24H2. The van der Waals surface area contributed by atoms with Crippen LogP contribution in [0.5, 0.6) is 23.0 Å². The molecule has 0 saturated carbocycles. The number of phenolic OH excluding ortho intramolecular Hbond substituents is 4. The number of benzene rings is 6. The Morgan fingerprint density at radius 2 is 0.625 bits per heavy atom. The second kappa shape index (κ2) is 17.4. The van der Waals surface area contributed by atoms with Gasteiger partial charge in [-0.15, -0.1) is 0 Å². The van der Waals surface area contributed by atoms with Crippen LogP contribution in [0.1, 0.15) is 68.5 Å². The molecular formula is C46H44N4O6. The van der Waals surface area contributed by atoms with Gasteiger partial charge in [0.1, 0.15) is 23.0 Å². The van der Waals surface area contributed by atoms with Crippen molar-refractivity contribution in [1.29, 1.82) is 0 Å². The molecule has 0 spiro atoms. The van der Waals surface area contributed by atoms with E-state index in [4.69, 9.17) is 0 Å². The maximum absolute atomic E-state index is 11.9. The van der Waals surface area contributed by atoms with Crippen LogP contribution >= 0.6 is 0 Å². The molecule has 0 radical (unpaired) electrons.